The molecule has 2 aromatic rings. The fraction of sp³-hybridized carbons (Fsp3) is 0.154. The van der Waals surface area contributed by atoms with Gasteiger partial charge in [-0.05, 0) is 30.5 Å². The van der Waals surface area contributed by atoms with Gasteiger partial charge < -0.3 is 10.5 Å². The predicted octanol–water partition coefficient (Wildman–Crippen LogP) is 3.65. The molecular weight excluding hydrogens is 270 g/mol. The first kappa shape index (κ1) is 12.9. The number of esters is 1. The van der Waals surface area contributed by atoms with Crippen molar-refractivity contribution in [3.8, 4) is 0 Å². The van der Waals surface area contributed by atoms with Crippen molar-refractivity contribution in [1.82, 2.24) is 0 Å². The summed E-state index contributed by atoms with van der Waals surface area (Å²) in [5.74, 6) is -0.430. The Bertz CT molecular complexity index is 580. The van der Waals surface area contributed by atoms with Crippen molar-refractivity contribution in [3.05, 3.63) is 50.7 Å². The highest BCUT2D eigenvalue weighted by molar-refractivity contribution is 7.10. The maximum Gasteiger partial charge on any atom is 0.340 e. The van der Waals surface area contributed by atoms with Crippen LogP contribution in [0.1, 0.15) is 20.8 Å². The summed E-state index contributed by atoms with van der Waals surface area (Å²) >= 11 is 7.37. The van der Waals surface area contributed by atoms with Crippen LogP contribution in [0.5, 0.6) is 0 Å². The lowest BCUT2D eigenvalue weighted by Gasteiger charge is -2.07. The molecule has 0 aliphatic carbocycles. The average molecular weight is 282 g/mol. The number of halogens is 1. The van der Waals surface area contributed by atoms with Gasteiger partial charge in [-0.25, -0.2) is 4.79 Å². The fourth-order valence-electron chi connectivity index (χ4n) is 1.48. The van der Waals surface area contributed by atoms with Crippen LogP contribution in [0.4, 0.5) is 5.69 Å². The highest BCUT2D eigenvalue weighted by atomic mass is 35.5. The number of carbonyl (C=O) groups excluding carboxylic acids is 1. The molecule has 1 aromatic carbocycles. The minimum atomic E-state index is -0.430. The molecule has 18 heavy (non-hydrogen) atoms. The number of hydrogen-bond donors (Lipinski definition) is 1. The number of anilines is 1. The number of thiophene rings is 1. The summed E-state index contributed by atoms with van der Waals surface area (Å²) in [5.41, 5.74) is 7.52. The Labute approximate surface area is 114 Å². The van der Waals surface area contributed by atoms with Crippen molar-refractivity contribution in [2.24, 2.45) is 0 Å². The van der Waals surface area contributed by atoms with Crippen molar-refractivity contribution < 1.29 is 9.53 Å². The molecule has 0 aliphatic rings. The van der Waals surface area contributed by atoms with E-state index in [-0.39, 0.29) is 6.61 Å². The molecule has 1 aromatic heterocycles. The van der Waals surface area contributed by atoms with E-state index in [2.05, 4.69) is 0 Å². The summed E-state index contributed by atoms with van der Waals surface area (Å²) in [6.45, 7) is 2.06. The van der Waals surface area contributed by atoms with Gasteiger partial charge in [0.2, 0.25) is 0 Å². The molecule has 1 heterocycles. The standard InChI is InChI=1S/C13H12ClNO2S/c1-8-2-3-11(15)9(6-8)13(16)17-7-12-10(14)4-5-18-12/h2-6H,7,15H2,1H3. The van der Waals surface area contributed by atoms with Gasteiger partial charge in [-0.1, -0.05) is 23.2 Å². The van der Waals surface area contributed by atoms with Gasteiger partial charge in [-0.15, -0.1) is 11.3 Å². The number of nitrogen functional groups attached to an aromatic ring is 1. The van der Waals surface area contributed by atoms with Crippen LogP contribution in [-0.4, -0.2) is 5.97 Å². The van der Waals surface area contributed by atoms with E-state index in [1.54, 1.807) is 18.2 Å². The topological polar surface area (TPSA) is 52.3 Å². The van der Waals surface area contributed by atoms with E-state index in [9.17, 15) is 4.79 Å². The first-order valence-corrected chi connectivity index (χ1v) is 6.59. The number of nitrogens with two attached hydrogens (primary N) is 1. The molecule has 0 radical (unpaired) electrons. The van der Waals surface area contributed by atoms with Gasteiger partial charge in [-0.3, -0.25) is 0 Å². The Balaban J connectivity index is 2.08. The number of ether oxygens (including phenoxy) is 1. The number of aryl methyl sites for hydroxylation is 1. The van der Waals surface area contributed by atoms with Crippen molar-refractivity contribution in [2.45, 2.75) is 13.5 Å². The molecule has 0 saturated carbocycles. The maximum absolute atomic E-state index is 11.9. The molecule has 0 fully saturated rings. The minimum Gasteiger partial charge on any atom is -0.456 e. The van der Waals surface area contributed by atoms with E-state index >= 15 is 0 Å². The third-order valence-corrected chi connectivity index (χ3v) is 3.81. The van der Waals surface area contributed by atoms with Crippen molar-refractivity contribution >= 4 is 34.6 Å². The number of rotatable bonds is 3. The predicted molar refractivity (Wildman–Crippen MR) is 74.0 cm³/mol. The third kappa shape index (κ3) is 2.83. The molecule has 0 atom stereocenters. The Hall–Kier alpha value is -1.52. The molecule has 0 unspecified atom stereocenters. The molecule has 0 amide bonds. The van der Waals surface area contributed by atoms with Gasteiger partial charge in [0.05, 0.1) is 15.5 Å². The Morgan fingerprint density at radius 3 is 2.89 bits per heavy atom. The van der Waals surface area contributed by atoms with Crippen molar-refractivity contribution in [2.75, 3.05) is 5.73 Å². The summed E-state index contributed by atoms with van der Waals surface area (Å²) < 4.78 is 5.20. The second-order valence-corrected chi connectivity index (χ2v) is 5.27. The quantitative estimate of drug-likeness (QED) is 0.690. The Kier molecular flexibility index (Phi) is 3.89. The molecular formula is C13H12ClNO2S. The van der Waals surface area contributed by atoms with Crippen LogP contribution in [0, 0.1) is 6.92 Å². The Morgan fingerprint density at radius 1 is 1.44 bits per heavy atom. The third-order valence-electron chi connectivity index (χ3n) is 2.45. The van der Waals surface area contributed by atoms with Gasteiger partial charge in [0.15, 0.2) is 0 Å². The molecule has 2 N–H and O–H groups in total. The molecule has 0 saturated heterocycles. The van der Waals surface area contributed by atoms with E-state index in [4.69, 9.17) is 22.1 Å². The first-order chi connectivity index (χ1) is 8.58. The van der Waals surface area contributed by atoms with Crippen LogP contribution in [0.3, 0.4) is 0 Å². The van der Waals surface area contributed by atoms with E-state index in [1.807, 2.05) is 18.4 Å². The smallest absolute Gasteiger partial charge is 0.340 e. The summed E-state index contributed by atoms with van der Waals surface area (Å²) in [7, 11) is 0. The molecule has 2 rings (SSSR count). The van der Waals surface area contributed by atoms with Crippen LogP contribution in [0.25, 0.3) is 0 Å². The highest BCUT2D eigenvalue weighted by Crippen LogP contribution is 2.23. The lowest BCUT2D eigenvalue weighted by atomic mass is 10.1. The van der Waals surface area contributed by atoms with Crippen LogP contribution >= 0.6 is 22.9 Å². The molecule has 0 bridgehead atoms. The molecule has 0 spiro atoms. The van der Waals surface area contributed by atoms with Crippen LogP contribution in [0.2, 0.25) is 5.02 Å². The summed E-state index contributed by atoms with van der Waals surface area (Å²) in [6, 6.07) is 7.04. The van der Waals surface area contributed by atoms with Gasteiger partial charge >= 0.3 is 5.97 Å². The largest absolute Gasteiger partial charge is 0.456 e. The monoisotopic (exact) mass is 281 g/mol. The van der Waals surface area contributed by atoms with Gasteiger partial charge in [0.1, 0.15) is 6.61 Å². The normalized spacial score (nSPS) is 10.3. The SMILES string of the molecule is Cc1ccc(N)c(C(=O)OCc2sccc2Cl)c1. The highest BCUT2D eigenvalue weighted by Gasteiger charge is 2.12. The van der Waals surface area contributed by atoms with Crippen molar-refractivity contribution in [1.29, 1.82) is 0 Å². The molecule has 0 aliphatic heterocycles. The van der Waals surface area contributed by atoms with Gasteiger partial charge in [-0.2, -0.15) is 0 Å². The number of hydrogen-bond acceptors (Lipinski definition) is 4. The van der Waals surface area contributed by atoms with E-state index in [0.717, 1.165) is 10.4 Å². The second-order valence-electron chi connectivity index (χ2n) is 3.86. The fourth-order valence-corrected chi connectivity index (χ4v) is 2.49. The van der Waals surface area contributed by atoms with Crippen molar-refractivity contribution in [3.63, 3.8) is 0 Å². The van der Waals surface area contributed by atoms with E-state index in [0.29, 0.717) is 16.3 Å². The zero-order valence-electron chi connectivity index (χ0n) is 9.77. The lowest BCUT2D eigenvalue weighted by Crippen LogP contribution is -2.08. The molecule has 3 nitrogen and oxygen atoms in total. The maximum atomic E-state index is 11.9. The zero-order chi connectivity index (χ0) is 13.1. The van der Waals surface area contributed by atoms with Gasteiger partial charge in [0.25, 0.3) is 0 Å². The second kappa shape index (κ2) is 5.42. The Morgan fingerprint density at radius 2 is 2.22 bits per heavy atom. The van der Waals surface area contributed by atoms with Gasteiger partial charge in [0, 0.05) is 5.69 Å². The summed E-state index contributed by atoms with van der Waals surface area (Å²) in [4.78, 5) is 12.7. The molecule has 5 heteroatoms. The van der Waals surface area contributed by atoms with E-state index < -0.39 is 5.97 Å². The van der Waals surface area contributed by atoms with Crippen LogP contribution in [-0.2, 0) is 11.3 Å². The first-order valence-electron chi connectivity index (χ1n) is 5.33. The number of benzene rings is 1. The summed E-state index contributed by atoms with van der Waals surface area (Å²) in [5, 5.41) is 2.47. The average Bonchev–Trinajstić information content (AvgIpc) is 2.75. The van der Waals surface area contributed by atoms with Crippen LogP contribution < -0.4 is 5.73 Å². The van der Waals surface area contributed by atoms with Crippen LogP contribution in [0.15, 0.2) is 29.6 Å². The minimum absolute atomic E-state index is 0.169. The number of carbonyl (C=O) groups is 1. The molecule has 94 valence electrons. The lowest BCUT2D eigenvalue weighted by molar-refractivity contribution is 0.0478. The zero-order valence-corrected chi connectivity index (χ0v) is 11.3. The van der Waals surface area contributed by atoms with E-state index in [1.165, 1.54) is 11.3 Å². The summed E-state index contributed by atoms with van der Waals surface area (Å²) in [6.07, 6.45) is 0.